The van der Waals surface area contributed by atoms with Crippen LogP contribution in [0.3, 0.4) is 0 Å². The zero-order chi connectivity index (χ0) is 9.64. The number of hydrogen-bond donors (Lipinski definition) is 1. The molecule has 13 heavy (non-hydrogen) atoms. The highest BCUT2D eigenvalue weighted by Crippen LogP contribution is 2.50. The molecule has 2 aliphatic rings. The zero-order valence-electron chi connectivity index (χ0n) is 8.46. The molecule has 0 bridgehead atoms. The van der Waals surface area contributed by atoms with Crippen LogP contribution in [0.5, 0.6) is 0 Å². The lowest BCUT2D eigenvalue weighted by molar-refractivity contribution is -0.125. The van der Waals surface area contributed by atoms with Crippen molar-refractivity contribution in [3.63, 3.8) is 0 Å². The van der Waals surface area contributed by atoms with Crippen LogP contribution >= 0.6 is 0 Å². The maximum absolute atomic E-state index is 11.7. The van der Waals surface area contributed by atoms with E-state index in [0.29, 0.717) is 11.8 Å². The van der Waals surface area contributed by atoms with Crippen LogP contribution in [0.15, 0.2) is 0 Å². The van der Waals surface area contributed by atoms with Crippen LogP contribution in [-0.2, 0) is 9.53 Å². The molecule has 0 radical (unpaired) electrons. The predicted molar refractivity (Wildman–Crippen MR) is 49.2 cm³/mol. The molecule has 3 heteroatoms. The molecule has 1 unspecified atom stereocenters. The average Bonchev–Trinajstić information content (AvgIpc) is 2.44. The monoisotopic (exact) mass is 183 g/mol. The fraction of sp³-hybridized carbons (Fsp3) is 0.900. The Balaban J connectivity index is 1.87. The van der Waals surface area contributed by atoms with Gasteiger partial charge >= 0.3 is 0 Å². The van der Waals surface area contributed by atoms with Crippen LogP contribution in [0.1, 0.15) is 20.8 Å². The van der Waals surface area contributed by atoms with Crippen LogP contribution in [0, 0.1) is 17.8 Å². The number of nitrogens with one attached hydrogen (secondary N) is 1. The minimum Gasteiger partial charge on any atom is -0.381 e. The Bertz CT molecular complexity index is 222. The molecule has 74 valence electrons. The molecule has 0 spiro atoms. The van der Waals surface area contributed by atoms with E-state index in [2.05, 4.69) is 5.32 Å². The van der Waals surface area contributed by atoms with E-state index in [1.165, 1.54) is 0 Å². The van der Waals surface area contributed by atoms with Crippen LogP contribution in [0.2, 0.25) is 0 Å². The first-order valence-corrected chi connectivity index (χ1v) is 4.89. The first-order chi connectivity index (χ1) is 5.99. The average molecular weight is 183 g/mol. The summed E-state index contributed by atoms with van der Waals surface area (Å²) in [5.41, 5.74) is -0.102. The van der Waals surface area contributed by atoms with Crippen molar-refractivity contribution in [2.45, 2.75) is 26.3 Å². The van der Waals surface area contributed by atoms with Crippen molar-refractivity contribution in [2.75, 3.05) is 13.2 Å². The summed E-state index contributed by atoms with van der Waals surface area (Å²) in [7, 11) is 0. The topological polar surface area (TPSA) is 38.3 Å². The van der Waals surface area contributed by atoms with Crippen molar-refractivity contribution in [3.8, 4) is 0 Å². The maximum Gasteiger partial charge on any atom is 0.224 e. The number of fused-ring (bicyclic) bond motifs is 1. The summed E-state index contributed by atoms with van der Waals surface area (Å²) in [6, 6.07) is 0. The Morgan fingerprint density at radius 1 is 1.31 bits per heavy atom. The number of rotatable bonds is 1. The molecule has 0 aromatic rings. The third-order valence-electron chi connectivity index (χ3n) is 2.75. The summed E-state index contributed by atoms with van der Waals surface area (Å²) in [5, 5.41) is 3.02. The molecule has 1 aliphatic carbocycles. The molecule has 1 aliphatic heterocycles. The van der Waals surface area contributed by atoms with Gasteiger partial charge in [0.05, 0.1) is 13.2 Å². The standard InChI is InChI=1S/C10H17NO2/c1-10(2,3)11-9(12)8-6-4-13-5-7(6)8/h6-8H,4-5H2,1-3H3,(H,11,12)/t6-,7+,8?. The summed E-state index contributed by atoms with van der Waals surface area (Å²) in [5.74, 6) is 1.49. The molecular weight excluding hydrogens is 166 g/mol. The fourth-order valence-electron chi connectivity index (χ4n) is 2.08. The lowest BCUT2D eigenvalue weighted by atomic mass is 10.1. The number of carbonyl (C=O) groups excluding carboxylic acids is 1. The summed E-state index contributed by atoms with van der Waals surface area (Å²) >= 11 is 0. The van der Waals surface area contributed by atoms with E-state index < -0.39 is 0 Å². The van der Waals surface area contributed by atoms with Gasteiger partial charge in [0.25, 0.3) is 0 Å². The molecule has 2 fully saturated rings. The second-order valence-corrected chi connectivity index (χ2v) is 5.13. The Labute approximate surface area is 78.8 Å². The van der Waals surface area contributed by atoms with Crippen molar-refractivity contribution in [3.05, 3.63) is 0 Å². The molecule has 1 saturated heterocycles. The summed E-state index contributed by atoms with van der Waals surface area (Å²) in [6.07, 6.45) is 0. The van der Waals surface area contributed by atoms with Gasteiger partial charge in [-0.1, -0.05) is 0 Å². The molecule has 3 nitrogen and oxygen atoms in total. The normalized spacial score (nSPS) is 37.0. The number of amides is 1. The largest absolute Gasteiger partial charge is 0.381 e. The Hall–Kier alpha value is -0.570. The van der Waals surface area contributed by atoms with Crippen LogP contribution in [-0.4, -0.2) is 24.7 Å². The van der Waals surface area contributed by atoms with Gasteiger partial charge in [-0.05, 0) is 32.6 Å². The van der Waals surface area contributed by atoms with Gasteiger partial charge in [0, 0.05) is 11.5 Å². The molecule has 1 saturated carbocycles. The van der Waals surface area contributed by atoms with Crippen molar-refractivity contribution in [1.82, 2.24) is 5.32 Å². The second-order valence-electron chi connectivity index (χ2n) is 5.13. The van der Waals surface area contributed by atoms with Crippen LogP contribution < -0.4 is 5.32 Å². The van der Waals surface area contributed by atoms with E-state index in [-0.39, 0.29) is 17.4 Å². The lowest BCUT2D eigenvalue weighted by Crippen LogP contribution is -2.42. The van der Waals surface area contributed by atoms with E-state index in [4.69, 9.17) is 4.74 Å². The highest BCUT2D eigenvalue weighted by Gasteiger charge is 2.58. The smallest absolute Gasteiger partial charge is 0.224 e. The second kappa shape index (κ2) is 2.71. The Morgan fingerprint density at radius 2 is 1.85 bits per heavy atom. The van der Waals surface area contributed by atoms with E-state index >= 15 is 0 Å². The van der Waals surface area contributed by atoms with Gasteiger partial charge in [0.1, 0.15) is 0 Å². The summed E-state index contributed by atoms with van der Waals surface area (Å²) < 4.78 is 5.24. The molecule has 3 atom stereocenters. The molecule has 1 N–H and O–H groups in total. The van der Waals surface area contributed by atoms with Gasteiger partial charge in [-0.2, -0.15) is 0 Å². The van der Waals surface area contributed by atoms with Crippen molar-refractivity contribution in [2.24, 2.45) is 17.8 Å². The fourth-order valence-corrected chi connectivity index (χ4v) is 2.08. The van der Waals surface area contributed by atoms with Gasteiger partial charge in [-0.3, -0.25) is 4.79 Å². The molecular formula is C10H17NO2. The number of hydrogen-bond acceptors (Lipinski definition) is 2. The third kappa shape index (κ3) is 1.70. The Morgan fingerprint density at radius 3 is 2.31 bits per heavy atom. The minimum atomic E-state index is -0.102. The van der Waals surface area contributed by atoms with Gasteiger partial charge in [-0.15, -0.1) is 0 Å². The first-order valence-electron chi connectivity index (χ1n) is 4.89. The molecule has 0 aromatic heterocycles. The quantitative estimate of drug-likeness (QED) is 0.653. The molecule has 1 heterocycles. The molecule has 2 rings (SSSR count). The van der Waals surface area contributed by atoms with Crippen molar-refractivity contribution >= 4 is 5.91 Å². The third-order valence-corrected chi connectivity index (χ3v) is 2.75. The molecule has 1 amide bonds. The summed E-state index contributed by atoms with van der Waals surface area (Å²) in [4.78, 5) is 11.7. The summed E-state index contributed by atoms with van der Waals surface area (Å²) in [6.45, 7) is 7.61. The van der Waals surface area contributed by atoms with Crippen LogP contribution in [0.4, 0.5) is 0 Å². The van der Waals surface area contributed by atoms with Gasteiger partial charge < -0.3 is 10.1 Å². The lowest BCUT2D eigenvalue weighted by Gasteiger charge is -2.21. The molecule has 0 aromatic carbocycles. The predicted octanol–water partition coefficient (Wildman–Crippen LogP) is 0.793. The van der Waals surface area contributed by atoms with Crippen molar-refractivity contribution < 1.29 is 9.53 Å². The Kier molecular flexibility index (Phi) is 1.88. The highest BCUT2D eigenvalue weighted by molar-refractivity contribution is 5.83. The SMILES string of the molecule is CC(C)(C)NC(=O)C1[C@H]2COC[C@@H]12. The van der Waals surface area contributed by atoms with E-state index in [1.54, 1.807) is 0 Å². The van der Waals surface area contributed by atoms with Crippen molar-refractivity contribution in [1.29, 1.82) is 0 Å². The van der Waals surface area contributed by atoms with Gasteiger partial charge in [-0.25, -0.2) is 0 Å². The van der Waals surface area contributed by atoms with Gasteiger partial charge in [0.2, 0.25) is 5.91 Å². The zero-order valence-corrected chi connectivity index (χ0v) is 8.46. The van der Waals surface area contributed by atoms with E-state index in [9.17, 15) is 4.79 Å². The van der Waals surface area contributed by atoms with E-state index in [0.717, 1.165) is 13.2 Å². The highest BCUT2D eigenvalue weighted by atomic mass is 16.5. The minimum absolute atomic E-state index is 0.102. The maximum atomic E-state index is 11.7. The number of carbonyl (C=O) groups is 1. The van der Waals surface area contributed by atoms with E-state index in [1.807, 2.05) is 20.8 Å². The van der Waals surface area contributed by atoms with Crippen LogP contribution in [0.25, 0.3) is 0 Å². The van der Waals surface area contributed by atoms with Gasteiger partial charge in [0.15, 0.2) is 0 Å². The number of ether oxygens (including phenoxy) is 1. The first kappa shape index (κ1) is 9.00.